The molecule has 0 aromatic heterocycles. The summed E-state index contributed by atoms with van der Waals surface area (Å²) in [7, 11) is 1.55. The zero-order chi connectivity index (χ0) is 10.4. The van der Waals surface area contributed by atoms with E-state index < -0.39 is 17.7 Å². The summed E-state index contributed by atoms with van der Waals surface area (Å²) < 4.78 is 21.7. The molecule has 0 aromatic rings. The first-order chi connectivity index (χ1) is 6.53. The van der Waals surface area contributed by atoms with E-state index in [0.29, 0.717) is 6.61 Å². The molecule has 0 spiro atoms. The second-order valence-corrected chi connectivity index (χ2v) is 4.18. The molecule has 0 radical (unpaired) electrons. The Morgan fingerprint density at radius 1 is 1.50 bits per heavy atom. The summed E-state index contributed by atoms with van der Waals surface area (Å²) in [6.45, 7) is 3.81. The maximum Gasteiger partial charge on any atom is 0.186 e. The number of hydrogen-bond acceptors (Lipinski definition) is 5. The lowest BCUT2D eigenvalue weighted by atomic mass is 10.0. The molecule has 0 saturated carbocycles. The second kappa shape index (κ2) is 3.15. The van der Waals surface area contributed by atoms with Gasteiger partial charge in [0.25, 0.3) is 0 Å². The molecule has 2 rings (SSSR count). The molecular formula is C9H16O5. The maximum absolute atomic E-state index is 9.33. The lowest BCUT2D eigenvalue weighted by Gasteiger charge is -2.23. The van der Waals surface area contributed by atoms with Crippen molar-refractivity contribution in [2.45, 2.75) is 37.6 Å². The first kappa shape index (κ1) is 10.3. The molecule has 2 aliphatic rings. The van der Waals surface area contributed by atoms with Crippen LogP contribution in [0.4, 0.5) is 0 Å². The number of aliphatic hydroxyl groups is 1. The van der Waals surface area contributed by atoms with E-state index in [1.807, 2.05) is 13.8 Å². The third kappa shape index (κ3) is 1.36. The van der Waals surface area contributed by atoms with E-state index in [-0.39, 0.29) is 12.7 Å². The van der Waals surface area contributed by atoms with E-state index in [1.165, 1.54) is 0 Å². The highest BCUT2D eigenvalue weighted by Crippen LogP contribution is 2.42. The minimum absolute atomic E-state index is 0.124. The van der Waals surface area contributed by atoms with E-state index in [1.54, 1.807) is 7.11 Å². The Balaban J connectivity index is 2.22. The summed E-state index contributed by atoms with van der Waals surface area (Å²) in [6, 6.07) is 0. The molecule has 1 N–H and O–H groups in total. The molecule has 2 saturated heterocycles. The minimum atomic E-state index is -0.760. The summed E-state index contributed by atoms with van der Waals surface area (Å²) >= 11 is 0. The zero-order valence-corrected chi connectivity index (χ0v) is 8.65. The molecule has 2 aliphatic heterocycles. The standard InChI is InChI=1S/C9H16O5/c1-8(2)13-6-7(11-3)12-5-9(6,4-10)14-8/h6-7,10H,4-5H2,1-3H3/t6-,7+,9+/m0/s1. The molecule has 82 valence electrons. The van der Waals surface area contributed by atoms with Crippen LogP contribution in [0, 0.1) is 0 Å². The fraction of sp³-hybridized carbons (Fsp3) is 1.00. The Kier molecular flexibility index (Phi) is 2.32. The van der Waals surface area contributed by atoms with Gasteiger partial charge in [0.1, 0.15) is 11.7 Å². The predicted molar refractivity (Wildman–Crippen MR) is 46.6 cm³/mol. The van der Waals surface area contributed by atoms with E-state index >= 15 is 0 Å². The number of methoxy groups -OCH3 is 1. The van der Waals surface area contributed by atoms with Gasteiger partial charge in [-0.3, -0.25) is 0 Å². The number of fused-ring (bicyclic) bond motifs is 1. The van der Waals surface area contributed by atoms with Gasteiger partial charge in [0.05, 0.1) is 13.2 Å². The van der Waals surface area contributed by atoms with Crippen LogP contribution >= 0.6 is 0 Å². The lowest BCUT2D eigenvalue weighted by Crippen LogP contribution is -2.45. The van der Waals surface area contributed by atoms with Gasteiger partial charge < -0.3 is 24.1 Å². The van der Waals surface area contributed by atoms with Crippen LogP contribution in [0.3, 0.4) is 0 Å². The van der Waals surface area contributed by atoms with Gasteiger partial charge >= 0.3 is 0 Å². The van der Waals surface area contributed by atoms with Crippen LogP contribution in [0.15, 0.2) is 0 Å². The van der Waals surface area contributed by atoms with Crippen molar-refractivity contribution in [1.82, 2.24) is 0 Å². The van der Waals surface area contributed by atoms with Gasteiger partial charge in [-0.2, -0.15) is 0 Å². The Morgan fingerprint density at radius 3 is 2.79 bits per heavy atom. The van der Waals surface area contributed by atoms with Gasteiger partial charge in [0.15, 0.2) is 12.1 Å². The van der Waals surface area contributed by atoms with Crippen molar-refractivity contribution >= 4 is 0 Å². The van der Waals surface area contributed by atoms with Gasteiger partial charge in [-0.1, -0.05) is 0 Å². The number of rotatable bonds is 2. The van der Waals surface area contributed by atoms with Crippen molar-refractivity contribution in [2.24, 2.45) is 0 Å². The molecule has 0 unspecified atom stereocenters. The first-order valence-electron chi connectivity index (χ1n) is 4.66. The molecule has 14 heavy (non-hydrogen) atoms. The minimum Gasteiger partial charge on any atom is -0.393 e. The summed E-state index contributed by atoms with van der Waals surface area (Å²) in [5.74, 6) is -0.687. The van der Waals surface area contributed by atoms with Crippen LogP contribution in [0.25, 0.3) is 0 Å². The Labute approximate surface area is 82.9 Å². The molecular weight excluding hydrogens is 188 g/mol. The third-order valence-corrected chi connectivity index (χ3v) is 2.62. The zero-order valence-electron chi connectivity index (χ0n) is 8.65. The molecule has 3 atom stereocenters. The van der Waals surface area contributed by atoms with Crippen molar-refractivity contribution in [1.29, 1.82) is 0 Å². The molecule has 0 amide bonds. The predicted octanol–water partition coefficient (Wildman–Crippen LogP) is -0.128. The molecule has 0 aromatic carbocycles. The topological polar surface area (TPSA) is 57.2 Å². The van der Waals surface area contributed by atoms with E-state index in [0.717, 1.165) is 0 Å². The van der Waals surface area contributed by atoms with Crippen LogP contribution in [0.2, 0.25) is 0 Å². The molecule has 0 bridgehead atoms. The average Bonchev–Trinajstić information content (AvgIpc) is 2.56. The third-order valence-electron chi connectivity index (χ3n) is 2.62. The normalized spacial score (nSPS) is 45.4. The van der Waals surface area contributed by atoms with Crippen LogP contribution in [0.5, 0.6) is 0 Å². The summed E-state index contributed by atoms with van der Waals surface area (Å²) in [6.07, 6.45) is -0.809. The lowest BCUT2D eigenvalue weighted by molar-refractivity contribution is -0.221. The fourth-order valence-corrected chi connectivity index (χ4v) is 2.07. The highest BCUT2D eigenvalue weighted by atomic mass is 16.8. The van der Waals surface area contributed by atoms with Gasteiger partial charge in [-0.05, 0) is 13.8 Å². The highest BCUT2D eigenvalue weighted by Gasteiger charge is 2.61. The van der Waals surface area contributed by atoms with Crippen molar-refractivity contribution in [2.75, 3.05) is 20.3 Å². The Bertz CT molecular complexity index is 229. The number of hydrogen-bond donors (Lipinski definition) is 1. The van der Waals surface area contributed by atoms with Gasteiger partial charge in [0, 0.05) is 7.11 Å². The van der Waals surface area contributed by atoms with Crippen LogP contribution in [0.1, 0.15) is 13.8 Å². The van der Waals surface area contributed by atoms with Crippen LogP contribution in [-0.4, -0.2) is 49.2 Å². The van der Waals surface area contributed by atoms with Crippen LogP contribution < -0.4 is 0 Å². The Hall–Kier alpha value is -0.200. The maximum atomic E-state index is 9.33. The van der Waals surface area contributed by atoms with E-state index in [9.17, 15) is 5.11 Å². The van der Waals surface area contributed by atoms with E-state index in [4.69, 9.17) is 18.9 Å². The highest BCUT2D eigenvalue weighted by molar-refractivity contribution is 5.02. The SMILES string of the molecule is CO[C@@H]1OC[C@@]2(CO)OC(C)(C)O[C@@H]12. The summed E-state index contributed by atoms with van der Waals surface area (Å²) in [4.78, 5) is 0. The quantitative estimate of drug-likeness (QED) is 0.679. The van der Waals surface area contributed by atoms with Crippen molar-refractivity contribution in [3.63, 3.8) is 0 Å². The summed E-state index contributed by atoms with van der Waals surface area (Å²) in [5, 5.41) is 9.33. The number of aliphatic hydroxyl groups excluding tert-OH is 1. The average molecular weight is 204 g/mol. The molecule has 2 heterocycles. The van der Waals surface area contributed by atoms with Crippen molar-refractivity contribution < 1.29 is 24.1 Å². The smallest absolute Gasteiger partial charge is 0.186 e. The number of ether oxygens (including phenoxy) is 4. The van der Waals surface area contributed by atoms with Gasteiger partial charge in [0.2, 0.25) is 0 Å². The fourth-order valence-electron chi connectivity index (χ4n) is 2.07. The molecule has 5 nitrogen and oxygen atoms in total. The van der Waals surface area contributed by atoms with Gasteiger partial charge in [-0.25, -0.2) is 0 Å². The molecule has 2 fully saturated rings. The Morgan fingerprint density at radius 2 is 2.21 bits per heavy atom. The monoisotopic (exact) mass is 204 g/mol. The molecule has 0 aliphatic carbocycles. The second-order valence-electron chi connectivity index (χ2n) is 4.18. The van der Waals surface area contributed by atoms with Crippen molar-refractivity contribution in [3.05, 3.63) is 0 Å². The van der Waals surface area contributed by atoms with Crippen LogP contribution in [-0.2, 0) is 18.9 Å². The first-order valence-corrected chi connectivity index (χ1v) is 4.66. The van der Waals surface area contributed by atoms with Gasteiger partial charge in [-0.15, -0.1) is 0 Å². The van der Waals surface area contributed by atoms with E-state index in [2.05, 4.69) is 0 Å². The van der Waals surface area contributed by atoms with Crippen molar-refractivity contribution in [3.8, 4) is 0 Å². The largest absolute Gasteiger partial charge is 0.393 e. The molecule has 5 heteroatoms. The summed E-state index contributed by atoms with van der Waals surface area (Å²) in [5.41, 5.74) is -0.760.